The quantitative estimate of drug-likeness (QED) is 0.682. The second-order valence-corrected chi connectivity index (χ2v) is 2.90. The molecule has 0 spiro atoms. The van der Waals surface area contributed by atoms with Crippen molar-refractivity contribution in [2.24, 2.45) is 0 Å². The predicted molar refractivity (Wildman–Crippen MR) is 52.1 cm³/mol. The second kappa shape index (κ2) is 4.44. The van der Waals surface area contributed by atoms with Crippen LogP contribution in [-0.2, 0) is 0 Å². The molecule has 0 aliphatic rings. The van der Waals surface area contributed by atoms with Gasteiger partial charge in [0.25, 0.3) is 0 Å². The third kappa shape index (κ3) is 2.05. The fraction of sp³-hybridized carbons (Fsp3) is 0.333. The molecular formula is C9H12BFO3. The lowest BCUT2D eigenvalue weighted by molar-refractivity contribution is 0.335. The van der Waals surface area contributed by atoms with Crippen LogP contribution in [-0.4, -0.2) is 23.8 Å². The van der Waals surface area contributed by atoms with E-state index in [9.17, 15) is 4.39 Å². The van der Waals surface area contributed by atoms with Crippen molar-refractivity contribution in [2.75, 3.05) is 6.61 Å². The number of benzene rings is 1. The van der Waals surface area contributed by atoms with E-state index in [-0.39, 0.29) is 11.0 Å². The molecule has 3 nitrogen and oxygen atoms in total. The van der Waals surface area contributed by atoms with E-state index in [2.05, 4.69) is 0 Å². The fourth-order valence-corrected chi connectivity index (χ4v) is 1.20. The Kier molecular flexibility index (Phi) is 3.49. The van der Waals surface area contributed by atoms with Crippen molar-refractivity contribution in [2.45, 2.75) is 13.8 Å². The summed E-state index contributed by atoms with van der Waals surface area (Å²) in [6, 6.07) is 2.83. The first-order valence-electron chi connectivity index (χ1n) is 4.35. The minimum Gasteiger partial charge on any atom is -0.494 e. The molecular weight excluding hydrogens is 186 g/mol. The SMILES string of the molecule is CCOc1ccc(B(O)O)c(F)c1C. The molecule has 0 amide bonds. The highest BCUT2D eigenvalue weighted by Gasteiger charge is 2.19. The second-order valence-electron chi connectivity index (χ2n) is 2.90. The van der Waals surface area contributed by atoms with E-state index in [0.29, 0.717) is 12.4 Å². The van der Waals surface area contributed by atoms with Gasteiger partial charge in [-0.15, -0.1) is 0 Å². The number of hydrogen-bond acceptors (Lipinski definition) is 3. The van der Waals surface area contributed by atoms with Crippen molar-refractivity contribution >= 4 is 12.6 Å². The average molecular weight is 198 g/mol. The van der Waals surface area contributed by atoms with Crippen LogP contribution in [0.2, 0.25) is 0 Å². The third-order valence-corrected chi connectivity index (χ3v) is 1.94. The highest BCUT2D eigenvalue weighted by atomic mass is 19.1. The van der Waals surface area contributed by atoms with Gasteiger partial charge in [-0.05, 0) is 19.9 Å². The Morgan fingerprint density at radius 2 is 2.07 bits per heavy atom. The lowest BCUT2D eigenvalue weighted by atomic mass is 9.79. The lowest BCUT2D eigenvalue weighted by Gasteiger charge is -2.10. The van der Waals surface area contributed by atoms with Crippen molar-refractivity contribution in [3.63, 3.8) is 0 Å². The van der Waals surface area contributed by atoms with Crippen molar-refractivity contribution in [3.8, 4) is 5.75 Å². The van der Waals surface area contributed by atoms with Gasteiger partial charge >= 0.3 is 7.12 Å². The molecule has 0 bridgehead atoms. The molecule has 0 unspecified atom stereocenters. The highest BCUT2D eigenvalue weighted by molar-refractivity contribution is 6.58. The number of ether oxygens (including phenoxy) is 1. The molecule has 0 saturated carbocycles. The molecule has 5 heteroatoms. The molecule has 1 aromatic carbocycles. The molecule has 0 heterocycles. The predicted octanol–water partition coefficient (Wildman–Crippen LogP) is 0.213. The molecule has 0 atom stereocenters. The maximum absolute atomic E-state index is 13.4. The molecule has 76 valence electrons. The van der Waals surface area contributed by atoms with E-state index >= 15 is 0 Å². The first-order chi connectivity index (χ1) is 6.57. The summed E-state index contributed by atoms with van der Waals surface area (Å²) in [7, 11) is -1.79. The average Bonchev–Trinajstić information content (AvgIpc) is 2.13. The topological polar surface area (TPSA) is 49.7 Å². The molecule has 14 heavy (non-hydrogen) atoms. The van der Waals surface area contributed by atoms with E-state index < -0.39 is 12.9 Å². The Hall–Kier alpha value is -1.07. The van der Waals surface area contributed by atoms with Crippen LogP contribution in [0, 0.1) is 12.7 Å². The Morgan fingerprint density at radius 3 is 2.57 bits per heavy atom. The molecule has 1 rings (SSSR count). The summed E-state index contributed by atoms with van der Waals surface area (Å²) in [6.45, 7) is 3.78. The van der Waals surface area contributed by atoms with E-state index in [4.69, 9.17) is 14.8 Å². The Balaban J connectivity index is 3.12. The molecule has 0 aromatic heterocycles. The van der Waals surface area contributed by atoms with Gasteiger partial charge in [0.05, 0.1) is 6.61 Å². The van der Waals surface area contributed by atoms with Crippen molar-refractivity contribution in [3.05, 3.63) is 23.5 Å². The van der Waals surface area contributed by atoms with Crippen molar-refractivity contribution in [1.82, 2.24) is 0 Å². The van der Waals surface area contributed by atoms with E-state index in [0.717, 1.165) is 0 Å². The van der Waals surface area contributed by atoms with Crippen molar-refractivity contribution < 1.29 is 19.2 Å². The maximum atomic E-state index is 13.4. The number of halogens is 1. The minimum absolute atomic E-state index is 0.133. The summed E-state index contributed by atoms with van der Waals surface area (Å²) in [5.74, 6) is -0.208. The summed E-state index contributed by atoms with van der Waals surface area (Å²) in [5, 5.41) is 17.6. The van der Waals surface area contributed by atoms with E-state index in [1.54, 1.807) is 6.92 Å². The fourth-order valence-electron chi connectivity index (χ4n) is 1.20. The largest absolute Gasteiger partial charge is 0.494 e. The van der Waals surface area contributed by atoms with Gasteiger partial charge in [-0.1, -0.05) is 6.07 Å². The first-order valence-corrected chi connectivity index (χ1v) is 4.35. The van der Waals surface area contributed by atoms with Gasteiger partial charge < -0.3 is 14.8 Å². The van der Waals surface area contributed by atoms with Gasteiger partial charge in [0, 0.05) is 11.0 Å². The van der Waals surface area contributed by atoms with Crippen LogP contribution < -0.4 is 10.2 Å². The Labute approximate surface area is 82.3 Å². The maximum Gasteiger partial charge on any atom is 0.491 e. The monoisotopic (exact) mass is 198 g/mol. The summed E-state index contributed by atoms with van der Waals surface area (Å²) in [5.41, 5.74) is 0.156. The van der Waals surface area contributed by atoms with Crippen LogP contribution in [0.25, 0.3) is 0 Å². The third-order valence-electron chi connectivity index (χ3n) is 1.94. The summed E-state index contributed by atoms with van der Waals surface area (Å²) in [4.78, 5) is 0. The van der Waals surface area contributed by atoms with Gasteiger partial charge in [-0.25, -0.2) is 4.39 Å². The van der Waals surface area contributed by atoms with Gasteiger partial charge in [0.2, 0.25) is 0 Å². The van der Waals surface area contributed by atoms with Crippen LogP contribution in [0.5, 0.6) is 5.75 Å². The van der Waals surface area contributed by atoms with E-state index in [1.165, 1.54) is 19.1 Å². The smallest absolute Gasteiger partial charge is 0.491 e. The van der Waals surface area contributed by atoms with Crippen LogP contribution in [0.1, 0.15) is 12.5 Å². The molecule has 0 fully saturated rings. The zero-order valence-electron chi connectivity index (χ0n) is 8.12. The first kappa shape index (κ1) is 11.0. The number of rotatable bonds is 3. The molecule has 0 aliphatic heterocycles. The lowest BCUT2D eigenvalue weighted by Crippen LogP contribution is -2.33. The van der Waals surface area contributed by atoms with Gasteiger partial charge in [0.15, 0.2) is 0 Å². The minimum atomic E-state index is -1.79. The van der Waals surface area contributed by atoms with Crippen molar-refractivity contribution in [1.29, 1.82) is 0 Å². The van der Waals surface area contributed by atoms with Gasteiger partial charge in [-0.3, -0.25) is 0 Å². The standard InChI is InChI=1S/C9H12BFO3/c1-3-14-8-5-4-7(10(12)13)9(11)6(8)2/h4-5,12-13H,3H2,1-2H3. The Morgan fingerprint density at radius 1 is 1.43 bits per heavy atom. The number of hydrogen-bond donors (Lipinski definition) is 2. The Bertz CT molecular complexity index is 328. The summed E-state index contributed by atoms with van der Waals surface area (Å²) >= 11 is 0. The molecule has 2 N–H and O–H groups in total. The normalized spacial score (nSPS) is 10.1. The van der Waals surface area contributed by atoms with Crippen LogP contribution in [0.4, 0.5) is 4.39 Å². The summed E-state index contributed by atoms with van der Waals surface area (Å²) in [6.07, 6.45) is 0. The van der Waals surface area contributed by atoms with Gasteiger partial charge in [0.1, 0.15) is 11.6 Å². The van der Waals surface area contributed by atoms with Crippen LogP contribution in [0.3, 0.4) is 0 Å². The highest BCUT2D eigenvalue weighted by Crippen LogP contribution is 2.18. The summed E-state index contributed by atoms with van der Waals surface area (Å²) < 4.78 is 18.6. The molecule has 0 aliphatic carbocycles. The van der Waals surface area contributed by atoms with Gasteiger partial charge in [-0.2, -0.15) is 0 Å². The zero-order chi connectivity index (χ0) is 10.7. The zero-order valence-corrected chi connectivity index (χ0v) is 8.12. The van der Waals surface area contributed by atoms with Crippen LogP contribution >= 0.6 is 0 Å². The molecule has 0 radical (unpaired) electrons. The van der Waals surface area contributed by atoms with E-state index in [1.807, 2.05) is 0 Å². The van der Waals surface area contributed by atoms with Crippen LogP contribution in [0.15, 0.2) is 12.1 Å². The molecule has 0 saturated heterocycles. The molecule has 1 aromatic rings.